The molecular formula is C13H26O5. The zero-order valence-electron chi connectivity index (χ0n) is 11.7. The van der Waals surface area contributed by atoms with E-state index >= 15 is 0 Å². The van der Waals surface area contributed by atoms with Crippen LogP contribution in [-0.2, 0) is 14.5 Å². The first-order chi connectivity index (χ1) is 8.65. The average molecular weight is 262 g/mol. The molecule has 5 heteroatoms. The number of ether oxygens (including phenoxy) is 1. The monoisotopic (exact) mass is 262 g/mol. The molecule has 108 valence electrons. The lowest BCUT2D eigenvalue weighted by Crippen LogP contribution is -2.28. The van der Waals surface area contributed by atoms with E-state index in [0.717, 1.165) is 32.1 Å². The van der Waals surface area contributed by atoms with Crippen molar-refractivity contribution in [3.05, 3.63) is 0 Å². The first kappa shape index (κ1) is 17.2. The van der Waals surface area contributed by atoms with Crippen molar-refractivity contribution in [1.82, 2.24) is 0 Å². The van der Waals surface area contributed by atoms with Crippen molar-refractivity contribution in [3.63, 3.8) is 0 Å². The van der Waals surface area contributed by atoms with E-state index in [1.54, 1.807) is 0 Å². The molecule has 2 unspecified atom stereocenters. The maximum atomic E-state index is 10.4. The molecule has 18 heavy (non-hydrogen) atoms. The van der Waals surface area contributed by atoms with Crippen LogP contribution in [0.2, 0.25) is 0 Å². The van der Waals surface area contributed by atoms with Crippen molar-refractivity contribution in [2.24, 2.45) is 5.92 Å². The van der Waals surface area contributed by atoms with Crippen molar-refractivity contribution in [1.29, 1.82) is 0 Å². The number of carbonyl (C=O) groups is 1. The van der Waals surface area contributed by atoms with Gasteiger partial charge in [0.1, 0.15) is 6.61 Å². The summed E-state index contributed by atoms with van der Waals surface area (Å²) in [6.45, 7) is 6.88. The Kier molecular flexibility index (Phi) is 10.8. The second kappa shape index (κ2) is 11.3. The number of carboxylic acid groups (broad SMARTS) is 1. The zero-order valence-corrected chi connectivity index (χ0v) is 11.7. The van der Waals surface area contributed by atoms with E-state index in [1.807, 2.05) is 6.92 Å². The van der Waals surface area contributed by atoms with Gasteiger partial charge in [-0.2, -0.15) is 0 Å². The van der Waals surface area contributed by atoms with E-state index in [9.17, 15) is 4.79 Å². The summed E-state index contributed by atoms with van der Waals surface area (Å²) in [5.41, 5.74) is 0. The standard InChI is InChI=1S/C13H26O5/c1-4-7-9-17-18-12(8-5-2)11(6-3)10-16-13(14)15/h11-12H,4-10H2,1-3H3,(H,14,15). The van der Waals surface area contributed by atoms with E-state index in [4.69, 9.17) is 14.9 Å². The van der Waals surface area contributed by atoms with Gasteiger partial charge in [0.25, 0.3) is 0 Å². The molecule has 0 aliphatic heterocycles. The molecule has 0 saturated heterocycles. The quantitative estimate of drug-likeness (QED) is 0.266. The largest absolute Gasteiger partial charge is 0.505 e. The van der Waals surface area contributed by atoms with Crippen LogP contribution in [0, 0.1) is 5.92 Å². The normalized spacial score (nSPS) is 14.2. The fraction of sp³-hybridized carbons (Fsp3) is 0.923. The summed E-state index contributed by atoms with van der Waals surface area (Å²) in [7, 11) is 0. The van der Waals surface area contributed by atoms with Crippen molar-refractivity contribution >= 4 is 6.16 Å². The fourth-order valence-corrected chi connectivity index (χ4v) is 1.65. The topological polar surface area (TPSA) is 65.0 Å². The highest BCUT2D eigenvalue weighted by molar-refractivity contribution is 5.56. The molecule has 5 nitrogen and oxygen atoms in total. The third-order valence-corrected chi connectivity index (χ3v) is 2.82. The van der Waals surface area contributed by atoms with Crippen molar-refractivity contribution in [3.8, 4) is 0 Å². The van der Waals surface area contributed by atoms with Crippen LogP contribution < -0.4 is 0 Å². The molecule has 0 heterocycles. The highest BCUT2D eigenvalue weighted by Crippen LogP contribution is 2.18. The lowest BCUT2D eigenvalue weighted by Gasteiger charge is -2.24. The third kappa shape index (κ3) is 8.31. The third-order valence-electron chi connectivity index (χ3n) is 2.82. The van der Waals surface area contributed by atoms with Crippen LogP contribution in [-0.4, -0.2) is 30.6 Å². The van der Waals surface area contributed by atoms with E-state index in [0.29, 0.717) is 6.61 Å². The van der Waals surface area contributed by atoms with Gasteiger partial charge in [-0.25, -0.2) is 14.6 Å². The van der Waals surface area contributed by atoms with Crippen LogP contribution in [0.3, 0.4) is 0 Å². The highest BCUT2D eigenvalue weighted by atomic mass is 17.2. The van der Waals surface area contributed by atoms with Gasteiger partial charge in [0.15, 0.2) is 0 Å². The predicted octanol–water partition coefficient (Wildman–Crippen LogP) is 3.62. The Morgan fingerprint density at radius 2 is 1.94 bits per heavy atom. The zero-order chi connectivity index (χ0) is 13.8. The Labute approximate surface area is 109 Å². The summed E-state index contributed by atoms with van der Waals surface area (Å²) in [4.78, 5) is 21.0. The lowest BCUT2D eigenvalue weighted by atomic mass is 9.97. The van der Waals surface area contributed by atoms with Crippen LogP contribution in [0.1, 0.15) is 52.9 Å². The maximum Gasteiger partial charge on any atom is 0.505 e. The fourth-order valence-electron chi connectivity index (χ4n) is 1.65. The van der Waals surface area contributed by atoms with Crippen LogP contribution in [0.25, 0.3) is 0 Å². The Balaban J connectivity index is 4.10. The minimum absolute atomic E-state index is 0.0441. The van der Waals surface area contributed by atoms with Crippen LogP contribution in [0.5, 0.6) is 0 Å². The Morgan fingerprint density at radius 1 is 1.22 bits per heavy atom. The summed E-state index contributed by atoms with van der Waals surface area (Å²) >= 11 is 0. The molecule has 0 bridgehead atoms. The summed E-state index contributed by atoms with van der Waals surface area (Å²) in [6.07, 6.45) is 3.28. The van der Waals surface area contributed by atoms with Crippen molar-refractivity contribution in [2.45, 2.75) is 59.0 Å². The summed E-state index contributed by atoms with van der Waals surface area (Å²) in [5.74, 6) is 0.0441. The molecule has 0 aromatic carbocycles. The van der Waals surface area contributed by atoms with E-state index < -0.39 is 6.16 Å². The van der Waals surface area contributed by atoms with Gasteiger partial charge in [0, 0.05) is 5.92 Å². The molecule has 2 atom stereocenters. The molecule has 0 spiro atoms. The number of hydrogen-bond donors (Lipinski definition) is 1. The van der Waals surface area contributed by atoms with Gasteiger partial charge >= 0.3 is 6.16 Å². The molecule has 0 aliphatic carbocycles. The lowest BCUT2D eigenvalue weighted by molar-refractivity contribution is -0.336. The van der Waals surface area contributed by atoms with Crippen LogP contribution in [0.4, 0.5) is 4.79 Å². The first-order valence-electron chi connectivity index (χ1n) is 6.79. The molecular weight excluding hydrogens is 236 g/mol. The van der Waals surface area contributed by atoms with Crippen molar-refractivity contribution in [2.75, 3.05) is 13.2 Å². The van der Waals surface area contributed by atoms with E-state index in [1.165, 1.54) is 0 Å². The summed E-state index contributed by atoms with van der Waals surface area (Å²) in [5, 5.41) is 8.52. The Morgan fingerprint density at radius 3 is 2.44 bits per heavy atom. The second-order valence-corrected chi connectivity index (χ2v) is 4.34. The van der Waals surface area contributed by atoms with Gasteiger partial charge in [0.2, 0.25) is 0 Å². The molecule has 0 radical (unpaired) electrons. The van der Waals surface area contributed by atoms with Gasteiger partial charge in [-0.05, 0) is 19.3 Å². The highest BCUT2D eigenvalue weighted by Gasteiger charge is 2.22. The Hall–Kier alpha value is -0.810. The minimum atomic E-state index is -1.24. The van der Waals surface area contributed by atoms with Gasteiger partial charge in [-0.3, -0.25) is 0 Å². The smallest absolute Gasteiger partial charge is 0.450 e. The van der Waals surface area contributed by atoms with Crippen LogP contribution in [0.15, 0.2) is 0 Å². The second-order valence-electron chi connectivity index (χ2n) is 4.34. The predicted molar refractivity (Wildman–Crippen MR) is 68.4 cm³/mol. The molecule has 0 amide bonds. The van der Waals surface area contributed by atoms with Crippen molar-refractivity contribution < 1.29 is 24.4 Å². The Bertz CT molecular complexity index is 208. The SMILES string of the molecule is CCCCOOC(CCC)C(CC)COC(=O)O. The van der Waals surface area contributed by atoms with Gasteiger partial charge in [-0.1, -0.05) is 33.6 Å². The molecule has 0 aliphatic rings. The average Bonchev–Trinajstić information content (AvgIpc) is 2.34. The first-order valence-corrected chi connectivity index (χ1v) is 6.79. The maximum absolute atomic E-state index is 10.4. The molecule has 0 rings (SSSR count). The number of rotatable bonds is 11. The minimum Gasteiger partial charge on any atom is -0.450 e. The molecule has 1 N–H and O–H groups in total. The summed E-state index contributed by atoms with van der Waals surface area (Å²) < 4.78 is 4.63. The summed E-state index contributed by atoms with van der Waals surface area (Å²) in [6, 6.07) is 0. The van der Waals surface area contributed by atoms with Gasteiger partial charge in [-0.15, -0.1) is 0 Å². The van der Waals surface area contributed by atoms with E-state index in [2.05, 4.69) is 18.6 Å². The molecule has 0 aromatic heterocycles. The molecule has 0 fully saturated rings. The van der Waals surface area contributed by atoms with Gasteiger partial charge < -0.3 is 9.84 Å². The number of hydrogen-bond acceptors (Lipinski definition) is 4. The van der Waals surface area contributed by atoms with Gasteiger partial charge in [0.05, 0.1) is 12.7 Å². The number of unbranched alkanes of at least 4 members (excludes halogenated alkanes) is 1. The molecule has 0 saturated carbocycles. The molecule has 0 aromatic rings. The van der Waals surface area contributed by atoms with E-state index in [-0.39, 0.29) is 18.6 Å². The van der Waals surface area contributed by atoms with Crippen LogP contribution >= 0.6 is 0 Å².